The molecule has 4 N–H and O–H groups in total. The summed E-state index contributed by atoms with van der Waals surface area (Å²) in [6.45, 7) is 12.6. The summed E-state index contributed by atoms with van der Waals surface area (Å²) in [5.41, 5.74) is 14.1. The Morgan fingerprint density at radius 1 is 1.05 bits per heavy atom. The van der Waals surface area contributed by atoms with Crippen LogP contribution in [0.2, 0.25) is 5.02 Å². The molecule has 1 aromatic carbocycles. The molecule has 22 heavy (non-hydrogen) atoms. The first-order valence-corrected chi connectivity index (χ1v) is 8.61. The zero-order valence-corrected chi connectivity index (χ0v) is 15.3. The Bertz CT molecular complexity index is 472. The molecule has 0 fully saturated rings. The van der Waals surface area contributed by atoms with Gasteiger partial charge in [0.05, 0.1) is 6.61 Å². The molecule has 0 spiro atoms. The van der Waals surface area contributed by atoms with Crippen LogP contribution in [0, 0.1) is 11.8 Å². The lowest BCUT2D eigenvalue weighted by Crippen LogP contribution is -2.31. The number of rotatable bonds is 8. The molecule has 3 nitrogen and oxygen atoms in total. The van der Waals surface area contributed by atoms with Gasteiger partial charge in [0.1, 0.15) is 5.75 Å². The highest BCUT2D eigenvalue weighted by Gasteiger charge is 2.26. The number of nitrogens with two attached hydrogens (primary N) is 2. The van der Waals surface area contributed by atoms with Gasteiger partial charge >= 0.3 is 0 Å². The van der Waals surface area contributed by atoms with Gasteiger partial charge in [0.25, 0.3) is 0 Å². The Kier molecular flexibility index (Phi) is 7.67. The predicted molar refractivity (Wildman–Crippen MR) is 95.9 cm³/mol. The topological polar surface area (TPSA) is 61.3 Å². The van der Waals surface area contributed by atoms with Crippen molar-refractivity contribution in [2.45, 2.75) is 46.5 Å². The van der Waals surface area contributed by atoms with E-state index in [1.165, 1.54) is 5.56 Å². The van der Waals surface area contributed by atoms with Crippen LogP contribution in [0.1, 0.15) is 57.6 Å². The van der Waals surface area contributed by atoms with Crippen molar-refractivity contribution in [1.82, 2.24) is 0 Å². The molecule has 2 atom stereocenters. The van der Waals surface area contributed by atoms with E-state index >= 15 is 0 Å². The molecule has 0 aliphatic heterocycles. The summed E-state index contributed by atoms with van der Waals surface area (Å²) in [6, 6.07) is 4.05. The van der Waals surface area contributed by atoms with Crippen LogP contribution in [-0.2, 0) is 0 Å². The number of benzene rings is 1. The van der Waals surface area contributed by atoms with Crippen molar-refractivity contribution in [2.75, 3.05) is 19.7 Å². The zero-order valence-electron chi connectivity index (χ0n) is 14.5. The molecule has 0 aliphatic carbocycles. The van der Waals surface area contributed by atoms with Crippen LogP contribution < -0.4 is 16.2 Å². The van der Waals surface area contributed by atoms with E-state index in [-0.39, 0.29) is 5.92 Å². The third-order valence-corrected chi connectivity index (χ3v) is 4.87. The largest absolute Gasteiger partial charge is 0.493 e. The second-order valence-corrected chi connectivity index (χ2v) is 6.82. The standard InChI is InChI=1S/C18H31ClN2O/c1-6-22-18-16(11(2)3)7-15(19)8-17(18)13(5)12(4)14(9-20)10-21/h7-8,11-14H,6,9-10,20-21H2,1-5H3. The first-order chi connectivity index (χ1) is 10.4. The molecule has 2 unspecified atom stereocenters. The molecule has 0 aliphatic rings. The molecule has 0 saturated heterocycles. The average Bonchev–Trinajstić information content (AvgIpc) is 2.48. The second kappa shape index (κ2) is 8.76. The monoisotopic (exact) mass is 326 g/mol. The third-order valence-electron chi connectivity index (χ3n) is 4.65. The molecule has 0 saturated carbocycles. The van der Waals surface area contributed by atoms with E-state index in [4.69, 9.17) is 27.8 Å². The Morgan fingerprint density at radius 3 is 2.05 bits per heavy atom. The van der Waals surface area contributed by atoms with Crippen LogP contribution in [0.3, 0.4) is 0 Å². The van der Waals surface area contributed by atoms with Gasteiger partial charge in [-0.2, -0.15) is 0 Å². The van der Waals surface area contributed by atoms with Crippen LogP contribution in [0.15, 0.2) is 12.1 Å². The molecule has 0 aromatic heterocycles. The summed E-state index contributed by atoms with van der Waals surface area (Å²) in [7, 11) is 0. The zero-order chi connectivity index (χ0) is 16.9. The van der Waals surface area contributed by atoms with E-state index in [0.717, 1.165) is 16.3 Å². The first kappa shape index (κ1) is 19.3. The minimum absolute atomic E-state index is 0.287. The molecule has 1 aromatic rings. The highest BCUT2D eigenvalue weighted by atomic mass is 35.5. The maximum absolute atomic E-state index is 6.36. The molecular formula is C18H31ClN2O. The molecule has 1 rings (SSSR count). The van der Waals surface area contributed by atoms with Crippen molar-refractivity contribution in [3.8, 4) is 5.75 Å². The van der Waals surface area contributed by atoms with E-state index in [1.54, 1.807) is 0 Å². The van der Waals surface area contributed by atoms with Gasteiger partial charge in [-0.3, -0.25) is 0 Å². The van der Waals surface area contributed by atoms with Gasteiger partial charge < -0.3 is 16.2 Å². The quantitative estimate of drug-likeness (QED) is 0.754. The van der Waals surface area contributed by atoms with Crippen LogP contribution >= 0.6 is 11.6 Å². The van der Waals surface area contributed by atoms with Crippen molar-refractivity contribution in [3.05, 3.63) is 28.3 Å². The molecule has 4 heteroatoms. The number of halogens is 1. The lowest BCUT2D eigenvalue weighted by atomic mass is 9.79. The molecular weight excluding hydrogens is 296 g/mol. The normalized spacial score (nSPS) is 14.5. The lowest BCUT2D eigenvalue weighted by molar-refractivity contribution is 0.302. The van der Waals surface area contributed by atoms with E-state index < -0.39 is 0 Å². The smallest absolute Gasteiger partial charge is 0.126 e. The molecule has 126 valence electrons. The minimum atomic E-state index is 0.287. The van der Waals surface area contributed by atoms with Crippen LogP contribution in [0.4, 0.5) is 0 Å². The van der Waals surface area contributed by atoms with Crippen molar-refractivity contribution < 1.29 is 4.74 Å². The Hall–Kier alpha value is -0.770. The van der Waals surface area contributed by atoms with Gasteiger partial charge in [0, 0.05) is 5.02 Å². The Balaban J connectivity index is 3.31. The van der Waals surface area contributed by atoms with Gasteiger partial charge in [-0.05, 0) is 66.9 Å². The minimum Gasteiger partial charge on any atom is -0.493 e. The second-order valence-electron chi connectivity index (χ2n) is 6.38. The summed E-state index contributed by atoms with van der Waals surface area (Å²) in [4.78, 5) is 0. The van der Waals surface area contributed by atoms with Crippen molar-refractivity contribution in [2.24, 2.45) is 23.3 Å². The Labute approximate surface area is 140 Å². The van der Waals surface area contributed by atoms with Gasteiger partial charge in [-0.1, -0.05) is 39.3 Å². The van der Waals surface area contributed by atoms with Crippen LogP contribution in [-0.4, -0.2) is 19.7 Å². The van der Waals surface area contributed by atoms with E-state index in [0.29, 0.717) is 37.5 Å². The van der Waals surface area contributed by atoms with E-state index in [2.05, 4.69) is 27.7 Å². The van der Waals surface area contributed by atoms with Crippen LogP contribution in [0.5, 0.6) is 5.75 Å². The van der Waals surface area contributed by atoms with Crippen molar-refractivity contribution in [1.29, 1.82) is 0 Å². The summed E-state index contributed by atoms with van der Waals surface area (Å²) in [5.74, 6) is 2.30. The molecule has 0 amide bonds. The Morgan fingerprint density at radius 2 is 1.59 bits per heavy atom. The molecule has 0 radical (unpaired) electrons. The highest BCUT2D eigenvalue weighted by molar-refractivity contribution is 6.30. The number of hydrogen-bond donors (Lipinski definition) is 2. The molecule has 0 bridgehead atoms. The average molecular weight is 327 g/mol. The van der Waals surface area contributed by atoms with E-state index in [9.17, 15) is 0 Å². The summed E-state index contributed by atoms with van der Waals surface area (Å²) >= 11 is 6.36. The maximum Gasteiger partial charge on any atom is 0.126 e. The summed E-state index contributed by atoms with van der Waals surface area (Å²) in [5, 5.41) is 0.762. The van der Waals surface area contributed by atoms with Gasteiger partial charge in [-0.25, -0.2) is 0 Å². The van der Waals surface area contributed by atoms with Gasteiger partial charge in [-0.15, -0.1) is 0 Å². The van der Waals surface area contributed by atoms with Gasteiger partial charge in [0.2, 0.25) is 0 Å². The summed E-state index contributed by atoms with van der Waals surface area (Å²) in [6.07, 6.45) is 0. The number of ether oxygens (including phenoxy) is 1. The van der Waals surface area contributed by atoms with Crippen LogP contribution in [0.25, 0.3) is 0 Å². The first-order valence-electron chi connectivity index (χ1n) is 8.23. The van der Waals surface area contributed by atoms with E-state index in [1.807, 2.05) is 19.1 Å². The van der Waals surface area contributed by atoms with Crippen molar-refractivity contribution >= 4 is 11.6 Å². The molecule has 0 heterocycles. The number of hydrogen-bond acceptors (Lipinski definition) is 3. The predicted octanol–water partition coefficient (Wildman–Crippen LogP) is 4.14. The third kappa shape index (κ3) is 4.37. The fourth-order valence-electron chi connectivity index (χ4n) is 2.93. The fraction of sp³-hybridized carbons (Fsp3) is 0.667. The van der Waals surface area contributed by atoms with Crippen molar-refractivity contribution in [3.63, 3.8) is 0 Å². The highest BCUT2D eigenvalue weighted by Crippen LogP contribution is 2.41. The van der Waals surface area contributed by atoms with Gasteiger partial charge in [0.15, 0.2) is 0 Å². The summed E-state index contributed by atoms with van der Waals surface area (Å²) < 4.78 is 5.98. The fourth-order valence-corrected chi connectivity index (χ4v) is 3.17. The maximum atomic E-state index is 6.36. The lowest BCUT2D eigenvalue weighted by Gasteiger charge is -2.30. The SMILES string of the molecule is CCOc1c(C(C)C)cc(Cl)cc1C(C)C(C)C(CN)CN.